The maximum atomic E-state index is 9.02. The lowest BCUT2D eigenvalue weighted by Crippen LogP contribution is -2.32. The Morgan fingerprint density at radius 2 is 1.65 bits per heavy atom. The van der Waals surface area contributed by atoms with Crippen LogP contribution in [0.1, 0.15) is 84.0 Å². The molecule has 0 aromatic heterocycles. The van der Waals surface area contributed by atoms with Crippen LogP contribution < -0.4 is 0 Å². The van der Waals surface area contributed by atoms with E-state index in [2.05, 4.69) is 29.0 Å². The van der Waals surface area contributed by atoms with Crippen LogP contribution in [0.3, 0.4) is 0 Å². The first-order chi connectivity index (χ1) is 11.4. The largest absolute Gasteiger partial charge is 0.395 e. The first-order valence-electron chi connectivity index (χ1n) is 9.90. The molecule has 1 N–H and O–H groups in total. The Morgan fingerprint density at radius 3 is 2.35 bits per heavy atom. The molecule has 1 rings (SSSR count). The van der Waals surface area contributed by atoms with Crippen LogP contribution in [0.15, 0.2) is 17.1 Å². The van der Waals surface area contributed by atoms with Gasteiger partial charge in [0.2, 0.25) is 0 Å². The van der Waals surface area contributed by atoms with Crippen LogP contribution in [0.5, 0.6) is 0 Å². The third-order valence-electron chi connectivity index (χ3n) is 4.63. The number of unbranched alkanes of at least 4 members (excludes halogenated alkanes) is 9. The summed E-state index contributed by atoms with van der Waals surface area (Å²) in [4.78, 5) is 6.73. The molecule has 134 valence electrons. The predicted octanol–water partition coefficient (Wildman–Crippen LogP) is 4.95. The van der Waals surface area contributed by atoms with Crippen molar-refractivity contribution in [2.45, 2.75) is 90.1 Å². The number of hydrogen-bond donors (Lipinski definition) is 1. The van der Waals surface area contributed by atoms with Crippen LogP contribution >= 0.6 is 0 Å². The van der Waals surface area contributed by atoms with E-state index in [0.717, 1.165) is 25.9 Å². The smallest absolute Gasteiger partial charge is 0.102 e. The number of rotatable bonds is 15. The van der Waals surface area contributed by atoms with Crippen LogP contribution in [0.4, 0.5) is 0 Å². The molecule has 0 bridgehead atoms. The molecule has 0 fully saturated rings. The highest BCUT2D eigenvalue weighted by Gasteiger charge is 2.18. The zero-order valence-corrected chi connectivity index (χ0v) is 15.3. The maximum Gasteiger partial charge on any atom is 0.102 e. The van der Waals surface area contributed by atoms with E-state index in [1.54, 1.807) is 0 Å². The molecule has 0 amide bonds. The van der Waals surface area contributed by atoms with E-state index in [1.165, 1.54) is 64.2 Å². The summed E-state index contributed by atoms with van der Waals surface area (Å²) in [5, 5.41) is 9.02. The van der Waals surface area contributed by atoms with E-state index in [4.69, 9.17) is 5.11 Å². The molecule has 1 heterocycles. The Labute approximate surface area is 143 Å². The second kappa shape index (κ2) is 14.9. The third-order valence-corrected chi connectivity index (χ3v) is 4.63. The molecule has 0 aliphatic carbocycles. The van der Waals surface area contributed by atoms with Gasteiger partial charge in [-0.2, -0.15) is 0 Å². The quantitative estimate of drug-likeness (QED) is 0.342. The second-order valence-electron chi connectivity index (χ2n) is 6.70. The van der Waals surface area contributed by atoms with Gasteiger partial charge in [0.25, 0.3) is 0 Å². The molecule has 1 unspecified atom stereocenters. The van der Waals surface area contributed by atoms with Crippen LogP contribution in [0.2, 0.25) is 0 Å². The second-order valence-corrected chi connectivity index (χ2v) is 6.70. The standard InChI is InChI=1S/C20H38N2O/c1-2-3-4-5-6-7-8-9-10-11-12-13-14-15-20-21-16-17-22(20)18-19-23/h12-13,16,20,23H,2-11,14-15,17-19H2,1H3/b13-12+. The zero-order chi connectivity index (χ0) is 16.6. The van der Waals surface area contributed by atoms with Gasteiger partial charge in [0.15, 0.2) is 0 Å². The van der Waals surface area contributed by atoms with Crippen molar-refractivity contribution in [3.8, 4) is 0 Å². The minimum atomic E-state index is 0.230. The monoisotopic (exact) mass is 322 g/mol. The van der Waals surface area contributed by atoms with E-state index in [1.807, 2.05) is 6.21 Å². The molecule has 0 aromatic carbocycles. The van der Waals surface area contributed by atoms with E-state index >= 15 is 0 Å². The number of aliphatic hydroxyl groups excluding tert-OH is 1. The van der Waals surface area contributed by atoms with Gasteiger partial charge in [-0.05, 0) is 25.7 Å². The summed E-state index contributed by atoms with van der Waals surface area (Å²) in [6.07, 6.45) is 22.9. The van der Waals surface area contributed by atoms with Crippen molar-refractivity contribution in [2.75, 3.05) is 19.7 Å². The van der Waals surface area contributed by atoms with Crippen LogP contribution in [0.25, 0.3) is 0 Å². The average molecular weight is 323 g/mol. The first-order valence-corrected chi connectivity index (χ1v) is 9.90. The summed E-state index contributed by atoms with van der Waals surface area (Å²) < 4.78 is 0. The van der Waals surface area contributed by atoms with Crippen LogP contribution in [0, 0.1) is 0 Å². The fourth-order valence-electron chi connectivity index (χ4n) is 3.17. The summed E-state index contributed by atoms with van der Waals surface area (Å²) in [6, 6.07) is 0. The first kappa shape index (κ1) is 20.4. The van der Waals surface area contributed by atoms with Gasteiger partial charge >= 0.3 is 0 Å². The molecule has 0 saturated heterocycles. The molecule has 0 aromatic rings. The topological polar surface area (TPSA) is 35.8 Å². The molecule has 1 atom stereocenters. The SMILES string of the molecule is CCCCCCCCCCC/C=C/CCC1N=CCN1CCO. The number of hydrogen-bond acceptors (Lipinski definition) is 3. The van der Waals surface area contributed by atoms with Gasteiger partial charge in [-0.3, -0.25) is 9.89 Å². The van der Waals surface area contributed by atoms with Crippen molar-refractivity contribution in [1.29, 1.82) is 0 Å². The third kappa shape index (κ3) is 10.7. The predicted molar refractivity (Wildman–Crippen MR) is 101 cm³/mol. The van der Waals surface area contributed by atoms with Crippen molar-refractivity contribution in [3.05, 3.63) is 12.2 Å². The number of β-amino-alcohol motifs (C(OH)–C–C–N with tert-alkyl or cyclic N) is 1. The lowest BCUT2D eigenvalue weighted by atomic mass is 10.1. The van der Waals surface area contributed by atoms with Gasteiger partial charge in [0.1, 0.15) is 6.17 Å². The Bertz CT molecular complexity index is 315. The minimum absolute atomic E-state index is 0.230. The maximum absolute atomic E-state index is 9.02. The Hall–Kier alpha value is -0.670. The van der Waals surface area contributed by atoms with E-state index < -0.39 is 0 Å². The summed E-state index contributed by atoms with van der Waals surface area (Å²) in [5.41, 5.74) is 0. The summed E-state index contributed by atoms with van der Waals surface area (Å²) in [6.45, 7) is 4.15. The normalized spacial score (nSPS) is 18.4. The Balaban J connectivity index is 1.86. The van der Waals surface area contributed by atoms with Crippen molar-refractivity contribution < 1.29 is 5.11 Å². The number of nitrogens with zero attached hydrogens (tertiary/aromatic N) is 2. The van der Waals surface area contributed by atoms with Gasteiger partial charge in [-0.15, -0.1) is 0 Å². The molecule has 0 saturated carbocycles. The molecule has 23 heavy (non-hydrogen) atoms. The summed E-state index contributed by atoms with van der Waals surface area (Å²) >= 11 is 0. The van der Waals surface area contributed by atoms with Crippen molar-refractivity contribution in [2.24, 2.45) is 4.99 Å². The van der Waals surface area contributed by atoms with Crippen LogP contribution in [-0.2, 0) is 0 Å². The van der Waals surface area contributed by atoms with Crippen LogP contribution in [-0.4, -0.2) is 42.1 Å². The summed E-state index contributed by atoms with van der Waals surface area (Å²) in [5.74, 6) is 0. The highest BCUT2D eigenvalue weighted by Crippen LogP contribution is 2.13. The molecular formula is C20H38N2O. The number of aliphatic imine (C=N–C) groups is 1. The fraction of sp³-hybridized carbons (Fsp3) is 0.850. The molecular weight excluding hydrogens is 284 g/mol. The van der Waals surface area contributed by atoms with Gasteiger partial charge in [0, 0.05) is 19.3 Å². The molecule has 1 aliphatic heterocycles. The lowest BCUT2D eigenvalue weighted by molar-refractivity contribution is 0.179. The Kier molecular flexibility index (Phi) is 13.2. The van der Waals surface area contributed by atoms with E-state index in [-0.39, 0.29) is 6.61 Å². The van der Waals surface area contributed by atoms with Gasteiger partial charge in [-0.25, -0.2) is 0 Å². The van der Waals surface area contributed by atoms with Crippen molar-refractivity contribution >= 4 is 6.21 Å². The van der Waals surface area contributed by atoms with Crippen molar-refractivity contribution in [3.63, 3.8) is 0 Å². The number of allylic oxidation sites excluding steroid dienone is 2. The van der Waals surface area contributed by atoms with E-state index in [9.17, 15) is 0 Å². The average Bonchev–Trinajstić information content (AvgIpc) is 2.99. The van der Waals surface area contributed by atoms with Gasteiger partial charge < -0.3 is 5.11 Å². The van der Waals surface area contributed by atoms with Crippen molar-refractivity contribution in [1.82, 2.24) is 4.90 Å². The van der Waals surface area contributed by atoms with Gasteiger partial charge in [-0.1, -0.05) is 70.4 Å². The minimum Gasteiger partial charge on any atom is -0.395 e. The highest BCUT2D eigenvalue weighted by atomic mass is 16.3. The molecule has 3 heteroatoms. The number of aliphatic hydroxyl groups is 1. The lowest BCUT2D eigenvalue weighted by Gasteiger charge is -2.21. The summed E-state index contributed by atoms with van der Waals surface area (Å²) in [7, 11) is 0. The van der Waals surface area contributed by atoms with E-state index in [0.29, 0.717) is 6.17 Å². The van der Waals surface area contributed by atoms with Gasteiger partial charge in [0.05, 0.1) is 6.61 Å². The fourth-order valence-corrected chi connectivity index (χ4v) is 3.17. The molecule has 3 nitrogen and oxygen atoms in total. The highest BCUT2D eigenvalue weighted by molar-refractivity contribution is 5.62. The molecule has 1 aliphatic rings. The Morgan fingerprint density at radius 1 is 1.00 bits per heavy atom. The molecule has 0 spiro atoms. The molecule has 0 radical (unpaired) electrons. The zero-order valence-electron chi connectivity index (χ0n) is 15.3.